The summed E-state index contributed by atoms with van der Waals surface area (Å²) in [7, 11) is 0. The molecule has 0 aliphatic carbocycles. The largest absolute Gasteiger partial charge is 0.389 e. The number of aliphatic hydroxyl groups is 1. The molecule has 0 radical (unpaired) electrons. The van der Waals surface area contributed by atoms with Gasteiger partial charge in [-0.1, -0.05) is 48.5 Å². The predicted molar refractivity (Wildman–Crippen MR) is 95.3 cm³/mol. The van der Waals surface area contributed by atoms with Crippen molar-refractivity contribution in [1.29, 1.82) is 0 Å². The van der Waals surface area contributed by atoms with Crippen LogP contribution in [-0.2, 0) is 16.1 Å². The fourth-order valence-corrected chi connectivity index (χ4v) is 2.86. The van der Waals surface area contributed by atoms with Crippen LogP contribution in [0.1, 0.15) is 59.3 Å². The smallest absolute Gasteiger partial charge is 0.193 e. The van der Waals surface area contributed by atoms with E-state index < -0.39 is 6.10 Å². The van der Waals surface area contributed by atoms with Gasteiger partial charge in [0.05, 0.1) is 12.7 Å². The highest BCUT2D eigenvalue weighted by molar-refractivity contribution is 6.08. The molecule has 4 nitrogen and oxygen atoms in total. The Morgan fingerprint density at radius 1 is 1.12 bits per heavy atom. The molecule has 132 valence electrons. The highest BCUT2D eigenvalue weighted by Gasteiger charge is 2.14. The minimum Gasteiger partial charge on any atom is -0.389 e. The van der Waals surface area contributed by atoms with Crippen molar-refractivity contribution in [3.05, 3.63) is 70.8 Å². The Labute approximate surface area is 148 Å². The van der Waals surface area contributed by atoms with Gasteiger partial charge in [0.2, 0.25) is 0 Å². The monoisotopic (exact) mass is 340 g/mol. The van der Waals surface area contributed by atoms with Crippen LogP contribution in [0.4, 0.5) is 0 Å². The van der Waals surface area contributed by atoms with E-state index in [1.807, 2.05) is 24.3 Å². The van der Waals surface area contributed by atoms with Gasteiger partial charge in [-0.05, 0) is 37.3 Å². The van der Waals surface area contributed by atoms with E-state index in [2.05, 4.69) is 0 Å². The lowest BCUT2D eigenvalue weighted by atomic mass is 10.00. The van der Waals surface area contributed by atoms with Gasteiger partial charge < -0.3 is 14.6 Å². The second-order valence-corrected chi connectivity index (χ2v) is 6.43. The van der Waals surface area contributed by atoms with Crippen LogP contribution in [-0.4, -0.2) is 23.8 Å². The molecule has 0 bridgehead atoms. The summed E-state index contributed by atoms with van der Waals surface area (Å²) in [5.41, 5.74) is 3.08. The van der Waals surface area contributed by atoms with E-state index in [0.29, 0.717) is 17.7 Å². The van der Waals surface area contributed by atoms with Crippen LogP contribution in [0.3, 0.4) is 0 Å². The summed E-state index contributed by atoms with van der Waals surface area (Å²) in [6, 6.07) is 14.6. The van der Waals surface area contributed by atoms with Crippen molar-refractivity contribution in [3.63, 3.8) is 0 Å². The number of aliphatic hydroxyl groups excluding tert-OH is 1. The van der Waals surface area contributed by atoms with Crippen LogP contribution >= 0.6 is 0 Å². The molecule has 25 heavy (non-hydrogen) atoms. The van der Waals surface area contributed by atoms with Crippen LogP contribution in [0.2, 0.25) is 0 Å². The number of hydrogen-bond acceptors (Lipinski definition) is 4. The lowest BCUT2D eigenvalue weighted by molar-refractivity contribution is -0.168. The van der Waals surface area contributed by atoms with Gasteiger partial charge in [0.25, 0.3) is 0 Å². The normalized spacial score (nSPS) is 18.7. The number of ketones is 1. The van der Waals surface area contributed by atoms with E-state index in [4.69, 9.17) is 9.47 Å². The van der Waals surface area contributed by atoms with E-state index in [9.17, 15) is 9.90 Å². The maximum atomic E-state index is 12.5. The predicted octanol–water partition coefficient (Wildman–Crippen LogP) is 4.01. The number of carbonyl (C=O) groups is 1. The Bertz CT molecular complexity index is 683. The first-order chi connectivity index (χ1) is 12.1. The van der Waals surface area contributed by atoms with Crippen molar-refractivity contribution in [1.82, 2.24) is 0 Å². The van der Waals surface area contributed by atoms with E-state index in [1.165, 1.54) is 0 Å². The van der Waals surface area contributed by atoms with Crippen LogP contribution < -0.4 is 0 Å². The van der Waals surface area contributed by atoms with Gasteiger partial charge in [0.15, 0.2) is 12.1 Å². The SMILES string of the molecule is C[C@@H](O)c1ccc(C(=O)c2ccc(COC3CCCCO3)cc2)cc1. The van der Waals surface area contributed by atoms with E-state index >= 15 is 0 Å². The van der Waals surface area contributed by atoms with Crippen LogP contribution in [0.5, 0.6) is 0 Å². The third kappa shape index (κ3) is 4.75. The second kappa shape index (κ2) is 8.39. The fourth-order valence-electron chi connectivity index (χ4n) is 2.86. The molecule has 2 aromatic rings. The summed E-state index contributed by atoms with van der Waals surface area (Å²) >= 11 is 0. The van der Waals surface area contributed by atoms with Crippen molar-refractivity contribution in [3.8, 4) is 0 Å². The highest BCUT2D eigenvalue weighted by Crippen LogP contribution is 2.18. The Balaban J connectivity index is 1.60. The standard InChI is InChI=1S/C21H24O4/c1-15(22)17-9-11-19(12-10-17)21(23)18-7-5-16(6-8-18)14-25-20-4-2-3-13-24-20/h5-12,15,20,22H,2-4,13-14H2,1H3/t15-,20?/m1/s1. The molecule has 1 unspecified atom stereocenters. The number of benzene rings is 2. The van der Waals surface area contributed by atoms with Gasteiger partial charge in [0.1, 0.15) is 0 Å². The van der Waals surface area contributed by atoms with Crippen LogP contribution in [0, 0.1) is 0 Å². The minimum atomic E-state index is -0.531. The highest BCUT2D eigenvalue weighted by atomic mass is 16.7. The van der Waals surface area contributed by atoms with Crippen molar-refractivity contribution in [2.24, 2.45) is 0 Å². The van der Waals surface area contributed by atoms with E-state index in [1.54, 1.807) is 31.2 Å². The zero-order chi connectivity index (χ0) is 17.6. The Morgan fingerprint density at radius 3 is 2.32 bits per heavy atom. The van der Waals surface area contributed by atoms with E-state index in [-0.39, 0.29) is 12.1 Å². The average molecular weight is 340 g/mol. The molecule has 0 spiro atoms. The molecule has 1 aliphatic heterocycles. The number of ether oxygens (including phenoxy) is 2. The molecule has 0 aromatic heterocycles. The summed E-state index contributed by atoms with van der Waals surface area (Å²) in [5, 5.41) is 9.54. The summed E-state index contributed by atoms with van der Waals surface area (Å²) in [5.74, 6) is -0.0276. The molecule has 3 rings (SSSR count). The molecule has 2 atom stereocenters. The Kier molecular flexibility index (Phi) is 5.97. The molecule has 1 N–H and O–H groups in total. The van der Waals surface area contributed by atoms with Crippen molar-refractivity contribution in [2.45, 2.75) is 45.2 Å². The number of rotatable bonds is 6. The van der Waals surface area contributed by atoms with Gasteiger partial charge in [-0.25, -0.2) is 0 Å². The summed E-state index contributed by atoms with van der Waals surface area (Å²) in [4.78, 5) is 12.5. The first-order valence-corrected chi connectivity index (χ1v) is 8.78. The van der Waals surface area contributed by atoms with Gasteiger partial charge >= 0.3 is 0 Å². The lowest BCUT2D eigenvalue weighted by Crippen LogP contribution is -2.22. The van der Waals surface area contributed by atoms with Crippen LogP contribution in [0.15, 0.2) is 48.5 Å². The Hall–Kier alpha value is -2.01. The molecule has 1 saturated heterocycles. The van der Waals surface area contributed by atoms with Gasteiger partial charge in [-0.3, -0.25) is 4.79 Å². The Morgan fingerprint density at radius 2 is 1.76 bits per heavy atom. The maximum absolute atomic E-state index is 12.5. The quantitative estimate of drug-likeness (QED) is 0.807. The number of carbonyl (C=O) groups excluding carboxylic acids is 1. The lowest BCUT2D eigenvalue weighted by Gasteiger charge is -2.22. The molecule has 1 fully saturated rings. The number of hydrogen-bond donors (Lipinski definition) is 1. The fraction of sp³-hybridized carbons (Fsp3) is 0.381. The molecule has 0 amide bonds. The zero-order valence-electron chi connectivity index (χ0n) is 14.5. The molecule has 4 heteroatoms. The molecule has 1 heterocycles. The molecule has 1 aliphatic rings. The van der Waals surface area contributed by atoms with Crippen molar-refractivity contribution in [2.75, 3.05) is 6.61 Å². The van der Waals surface area contributed by atoms with Crippen LogP contribution in [0.25, 0.3) is 0 Å². The average Bonchev–Trinajstić information content (AvgIpc) is 2.67. The van der Waals surface area contributed by atoms with Crippen molar-refractivity contribution >= 4 is 5.78 Å². The zero-order valence-corrected chi connectivity index (χ0v) is 14.5. The van der Waals surface area contributed by atoms with Gasteiger partial charge in [-0.2, -0.15) is 0 Å². The second-order valence-electron chi connectivity index (χ2n) is 6.43. The topological polar surface area (TPSA) is 55.8 Å². The van der Waals surface area contributed by atoms with Gasteiger partial charge in [-0.15, -0.1) is 0 Å². The molecule has 2 aromatic carbocycles. The summed E-state index contributed by atoms with van der Waals surface area (Å²) < 4.78 is 11.3. The summed E-state index contributed by atoms with van der Waals surface area (Å²) in [6.45, 7) is 2.96. The molecule has 0 saturated carbocycles. The molecular formula is C21H24O4. The first kappa shape index (κ1) is 17.8. The minimum absolute atomic E-state index is 0.0276. The third-order valence-electron chi connectivity index (χ3n) is 4.45. The summed E-state index contributed by atoms with van der Waals surface area (Å²) in [6.07, 6.45) is 2.55. The van der Waals surface area contributed by atoms with Gasteiger partial charge in [0, 0.05) is 17.7 Å². The van der Waals surface area contributed by atoms with Crippen molar-refractivity contribution < 1.29 is 19.4 Å². The van der Waals surface area contributed by atoms with E-state index in [0.717, 1.165) is 37.0 Å². The maximum Gasteiger partial charge on any atom is 0.193 e. The molecular weight excluding hydrogens is 316 g/mol. The third-order valence-corrected chi connectivity index (χ3v) is 4.45. The first-order valence-electron chi connectivity index (χ1n) is 8.78.